The molecule has 1 aromatic rings. The van der Waals surface area contributed by atoms with Crippen LogP contribution in [0.3, 0.4) is 0 Å². The molecule has 0 bridgehead atoms. The second-order valence-electron chi connectivity index (χ2n) is 7.30. The Morgan fingerprint density at radius 3 is 2.93 bits per heavy atom. The highest BCUT2D eigenvalue weighted by molar-refractivity contribution is 7.85. The van der Waals surface area contributed by atoms with Crippen LogP contribution in [0.25, 0.3) is 0 Å². The molecular formula is C21H35N3O3S. The zero-order valence-electron chi connectivity index (χ0n) is 17.3. The minimum Gasteiger partial charge on any atom is -0.491 e. The summed E-state index contributed by atoms with van der Waals surface area (Å²) in [6.45, 7) is 7.22. The van der Waals surface area contributed by atoms with Crippen LogP contribution in [-0.2, 0) is 10.8 Å². The molecule has 0 saturated heterocycles. The van der Waals surface area contributed by atoms with Crippen LogP contribution in [0.4, 0.5) is 0 Å². The Hall–Kier alpha value is -1.60. The highest BCUT2D eigenvalue weighted by Gasteiger charge is 2.26. The van der Waals surface area contributed by atoms with E-state index in [2.05, 4.69) is 15.6 Å². The first-order valence-corrected chi connectivity index (χ1v) is 11.7. The number of hydrogen-bond acceptors (Lipinski definition) is 4. The van der Waals surface area contributed by atoms with E-state index in [1.807, 2.05) is 45.0 Å². The summed E-state index contributed by atoms with van der Waals surface area (Å²) in [5.74, 6) is 2.17. The van der Waals surface area contributed by atoms with Gasteiger partial charge in [-0.3, -0.25) is 9.20 Å². The molecule has 4 unspecified atom stereocenters. The maximum Gasteiger partial charge on any atom is 0.191 e. The molecule has 158 valence electrons. The number of rotatable bonds is 9. The summed E-state index contributed by atoms with van der Waals surface area (Å²) in [5.41, 5.74) is 1.12. The number of hydrogen-bond donors (Lipinski definition) is 3. The zero-order chi connectivity index (χ0) is 20.4. The Morgan fingerprint density at radius 2 is 2.21 bits per heavy atom. The lowest BCUT2D eigenvalue weighted by Crippen LogP contribution is -2.47. The van der Waals surface area contributed by atoms with Crippen LogP contribution in [0.2, 0.25) is 0 Å². The summed E-state index contributed by atoms with van der Waals surface area (Å²) in [4.78, 5) is 4.52. The first kappa shape index (κ1) is 22.7. The Kier molecular flexibility index (Phi) is 9.78. The van der Waals surface area contributed by atoms with Gasteiger partial charge in [0.2, 0.25) is 0 Å². The third-order valence-corrected chi connectivity index (χ3v) is 6.60. The molecule has 6 nitrogen and oxygen atoms in total. The second kappa shape index (κ2) is 12.1. The number of ether oxygens (including phenoxy) is 1. The Labute approximate surface area is 171 Å². The Bertz CT molecular complexity index is 654. The summed E-state index contributed by atoms with van der Waals surface area (Å²) in [6, 6.07) is 8.04. The summed E-state index contributed by atoms with van der Waals surface area (Å²) >= 11 is 0. The molecule has 1 saturated carbocycles. The van der Waals surface area contributed by atoms with Crippen molar-refractivity contribution in [3.8, 4) is 5.75 Å². The maximum absolute atomic E-state index is 12.1. The molecule has 0 heterocycles. The average Bonchev–Trinajstić information content (AvgIpc) is 2.70. The standard InChI is InChI=1S/C21H35N3O3S/c1-4-22-21(24-17-9-7-11-20(13-17)28(26)5-2)23-14-18(25)15-27-19-10-6-8-16(3)12-19/h6,8,10,12,17-18,20,25H,4-5,7,9,11,13-15H2,1-3H3,(H2,22,23,24). The van der Waals surface area contributed by atoms with E-state index in [0.29, 0.717) is 5.96 Å². The minimum atomic E-state index is -0.743. The van der Waals surface area contributed by atoms with E-state index in [0.717, 1.165) is 49.3 Å². The third kappa shape index (κ3) is 7.80. The largest absolute Gasteiger partial charge is 0.491 e. The van der Waals surface area contributed by atoms with Crippen molar-refractivity contribution in [3.05, 3.63) is 29.8 Å². The Balaban J connectivity index is 1.84. The molecule has 0 spiro atoms. The fraction of sp³-hybridized carbons (Fsp3) is 0.667. The van der Waals surface area contributed by atoms with Crippen LogP contribution in [0, 0.1) is 6.92 Å². The quantitative estimate of drug-likeness (QED) is 0.431. The maximum atomic E-state index is 12.1. The molecule has 3 N–H and O–H groups in total. The number of aryl methyl sites for hydroxylation is 1. The van der Waals surface area contributed by atoms with Gasteiger partial charge in [0.15, 0.2) is 5.96 Å². The van der Waals surface area contributed by atoms with Crippen LogP contribution in [-0.4, -0.2) is 58.1 Å². The molecule has 1 aliphatic rings. The molecule has 1 aromatic carbocycles. The number of guanidine groups is 1. The number of benzene rings is 1. The molecule has 1 aliphatic carbocycles. The van der Waals surface area contributed by atoms with Gasteiger partial charge in [0, 0.05) is 34.4 Å². The first-order chi connectivity index (χ1) is 13.5. The number of aliphatic imine (C=N–C) groups is 1. The van der Waals surface area contributed by atoms with Gasteiger partial charge in [-0.1, -0.05) is 25.5 Å². The van der Waals surface area contributed by atoms with Gasteiger partial charge in [-0.2, -0.15) is 0 Å². The lowest BCUT2D eigenvalue weighted by molar-refractivity contribution is 0.114. The molecule has 4 atom stereocenters. The van der Waals surface area contributed by atoms with E-state index in [1.165, 1.54) is 0 Å². The lowest BCUT2D eigenvalue weighted by atomic mass is 9.95. The van der Waals surface area contributed by atoms with Crippen LogP contribution in [0.15, 0.2) is 29.3 Å². The molecular weight excluding hydrogens is 374 g/mol. The SMILES string of the molecule is CCNC(=NCC(O)COc1cccc(C)c1)NC1CCCC(S(=O)CC)C1. The molecule has 2 rings (SSSR count). The summed E-state index contributed by atoms with van der Waals surface area (Å²) < 4.78 is 17.8. The van der Waals surface area contributed by atoms with E-state index in [4.69, 9.17) is 4.74 Å². The van der Waals surface area contributed by atoms with Gasteiger partial charge in [0.05, 0.1) is 6.54 Å². The van der Waals surface area contributed by atoms with Gasteiger partial charge in [0.25, 0.3) is 0 Å². The Morgan fingerprint density at radius 1 is 1.39 bits per heavy atom. The van der Waals surface area contributed by atoms with Crippen LogP contribution in [0.5, 0.6) is 5.75 Å². The van der Waals surface area contributed by atoms with Gasteiger partial charge in [-0.05, 0) is 50.8 Å². The smallest absolute Gasteiger partial charge is 0.191 e. The molecule has 0 aromatic heterocycles. The fourth-order valence-electron chi connectivity index (χ4n) is 3.41. The van der Waals surface area contributed by atoms with E-state index < -0.39 is 16.9 Å². The van der Waals surface area contributed by atoms with E-state index >= 15 is 0 Å². The molecule has 0 amide bonds. The molecule has 1 fully saturated rings. The van der Waals surface area contributed by atoms with Crippen molar-refractivity contribution in [1.29, 1.82) is 0 Å². The summed E-state index contributed by atoms with van der Waals surface area (Å²) in [5, 5.41) is 17.2. The predicted octanol–water partition coefficient (Wildman–Crippen LogP) is 2.37. The van der Waals surface area contributed by atoms with Crippen LogP contribution < -0.4 is 15.4 Å². The predicted molar refractivity (Wildman–Crippen MR) is 117 cm³/mol. The van der Waals surface area contributed by atoms with Gasteiger partial charge in [-0.25, -0.2) is 0 Å². The highest BCUT2D eigenvalue weighted by atomic mass is 32.2. The monoisotopic (exact) mass is 409 g/mol. The number of aliphatic hydroxyl groups is 1. The fourth-order valence-corrected chi connectivity index (χ4v) is 4.76. The van der Waals surface area contributed by atoms with Gasteiger partial charge < -0.3 is 20.5 Å². The lowest BCUT2D eigenvalue weighted by Gasteiger charge is -2.30. The van der Waals surface area contributed by atoms with Crippen molar-refractivity contribution in [2.45, 2.75) is 63.9 Å². The zero-order valence-corrected chi connectivity index (χ0v) is 18.1. The van der Waals surface area contributed by atoms with E-state index in [9.17, 15) is 9.32 Å². The molecule has 0 aliphatic heterocycles. The molecule has 0 radical (unpaired) electrons. The van der Waals surface area contributed by atoms with E-state index in [-0.39, 0.29) is 24.4 Å². The van der Waals surface area contributed by atoms with Crippen molar-refractivity contribution in [1.82, 2.24) is 10.6 Å². The minimum absolute atomic E-state index is 0.202. The van der Waals surface area contributed by atoms with Gasteiger partial charge in [0.1, 0.15) is 18.5 Å². The van der Waals surface area contributed by atoms with Crippen molar-refractivity contribution in [3.63, 3.8) is 0 Å². The molecule has 7 heteroatoms. The number of aliphatic hydroxyl groups excluding tert-OH is 1. The normalized spacial score (nSPS) is 22.4. The number of nitrogens with zero attached hydrogens (tertiary/aromatic N) is 1. The van der Waals surface area contributed by atoms with Crippen LogP contribution >= 0.6 is 0 Å². The average molecular weight is 410 g/mol. The number of nitrogens with one attached hydrogen (secondary N) is 2. The second-order valence-corrected chi connectivity index (χ2v) is 9.31. The van der Waals surface area contributed by atoms with Crippen molar-refractivity contribution < 1.29 is 14.1 Å². The van der Waals surface area contributed by atoms with Crippen molar-refractivity contribution in [2.24, 2.45) is 4.99 Å². The van der Waals surface area contributed by atoms with Crippen molar-refractivity contribution >= 4 is 16.8 Å². The van der Waals surface area contributed by atoms with Crippen LogP contribution in [0.1, 0.15) is 45.1 Å². The van der Waals surface area contributed by atoms with E-state index in [1.54, 1.807) is 0 Å². The first-order valence-electron chi connectivity index (χ1n) is 10.3. The third-order valence-electron chi connectivity index (χ3n) is 4.86. The summed E-state index contributed by atoms with van der Waals surface area (Å²) in [6.07, 6.45) is 3.41. The molecule has 28 heavy (non-hydrogen) atoms. The van der Waals surface area contributed by atoms with Crippen molar-refractivity contribution in [2.75, 3.05) is 25.4 Å². The summed E-state index contributed by atoms with van der Waals surface area (Å²) in [7, 11) is -0.743. The highest BCUT2D eigenvalue weighted by Crippen LogP contribution is 2.23. The topological polar surface area (TPSA) is 83.0 Å². The van der Waals surface area contributed by atoms with Gasteiger partial charge >= 0.3 is 0 Å². The van der Waals surface area contributed by atoms with Gasteiger partial charge in [-0.15, -0.1) is 0 Å².